The molecule has 1 N–H and O–H groups in total. The van der Waals surface area contributed by atoms with Crippen LogP contribution in [0.1, 0.15) is 17.5 Å². The molecule has 130 valence electrons. The number of rotatable bonds is 6. The second-order valence-corrected chi connectivity index (χ2v) is 5.60. The van der Waals surface area contributed by atoms with Gasteiger partial charge < -0.3 is 19.6 Å². The predicted molar refractivity (Wildman–Crippen MR) is 93.9 cm³/mol. The zero-order chi connectivity index (χ0) is 17.6. The van der Waals surface area contributed by atoms with Gasteiger partial charge in [0.2, 0.25) is 6.10 Å². The van der Waals surface area contributed by atoms with E-state index in [4.69, 9.17) is 14.3 Å². The van der Waals surface area contributed by atoms with Crippen molar-refractivity contribution in [2.75, 3.05) is 14.2 Å². The molecule has 3 rings (SSSR count). The van der Waals surface area contributed by atoms with E-state index >= 15 is 0 Å². The molecule has 0 bridgehead atoms. The Kier molecular flexibility index (Phi) is 5.18. The van der Waals surface area contributed by atoms with E-state index in [0.29, 0.717) is 24.4 Å². The molecule has 0 radical (unpaired) electrons. The molecular weight excluding hydrogens is 320 g/mol. The van der Waals surface area contributed by atoms with Crippen LogP contribution in [0.3, 0.4) is 0 Å². The van der Waals surface area contributed by atoms with Crippen molar-refractivity contribution in [3.05, 3.63) is 59.7 Å². The topological polar surface area (TPSA) is 69.2 Å². The summed E-state index contributed by atoms with van der Waals surface area (Å²) in [5.41, 5.74) is 2.54. The fraction of sp³-hybridized carbons (Fsp3) is 0.263. The third kappa shape index (κ3) is 3.91. The Bertz CT molecular complexity index is 771. The Hall–Kier alpha value is -3.02. The number of hydrogen-bond acceptors (Lipinski definition) is 5. The molecule has 25 heavy (non-hydrogen) atoms. The van der Waals surface area contributed by atoms with Crippen LogP contribution in [0.25, 0.3) is 0 Å². The minimum atomic E-state index is -0.627. The lowest BCUT2D eigenvalue weighted by molar-refractivity contribution is -0.131. The lowest BCUT2D eigenvalue weighted by atomic mass is 10.0. The molecule has 1 heterocycles. The summed E-state index contributed by atoms with van der Waals surface area (Å²) in [6, 6.07) is 15.1. The van der Waals surface area contributed by atoms with E-state index in [1.54, 1.807) is 14.2 Å². The van der Waals surface area contributed by atoms with Crippen molar-refractivity contribution < 1.29 is 19.1 Å². The molecule has 2 aromatic carbocycles. The highest BCUT2D eigenvalue weighted by molar-refractivity contribution is 6.05. The van der Waals surface area contributed by atoms with E-state index < -0.39 is 6.10 Å². The van der Waals surface area contributed by atoms with Gasteiger partial charge in [-0.25, -0.2) is 0 Å². The predicted octanol–water partition coefficient (Wildman–Crippen LogP) is 2.51. The number of ether oxygens (including phenoxy) is 2. The molecule has 0 saturated carbocycles. The van der Waals surface area contributed by atoms with Gasteiger partial charge in [-0.15, -0.1) is 0 Å². The van der Waals surface area contributed by atoms with Gasteiger partial charge in [0.15, 0.2) is 0 Å². The van der Waals surface area contributed by atoms with Crippen molar-refractivity contribution in [2.45, 2.75) is 19.1 Å². The van der Waals surface area contributed by atoms with Crippen molar-refractivity contribution in [1.29, 1.82) is 0 Å². The van der Waals surface area contributed by atoms with Gasteiger partial charge in [0, 0.05) is 18.5 Å². The van der Waals surface area contributed by atoms with E-state index in [1.165, 1.54) is 0 Å². The van der Waals surface area contributed by atoms with Crippen LogP contribution in [-0.4, -0.2) is 31.9 Å². The molecule has 6 heteroatoms. The second kappa shape index (κ2) is 7.70. The number of nitrogens with zero attached hydrogens (tertiary/aromatic N) is 1. The number of carbonyl (C=O) groups is 1. The van der Waals surface area contributed by atoms with Gasteiger partial charge in [-0.05, 0) is 29.8 Å². The Labute approximate surface area is 146 Å². The number of amides is 1. The Balaban J connectivity index is 1.56. The molecule has 1 unspecified atom stereocenters. The number of oxime groups is 1. The quantitative estimate of drug-likeness (QED) is 0.877. The molecule has 2 aromatic rings. The summed E-state index contributed by atoms with van der Waals surface area (Å²) < 4.78 is 10.4. The molecule has 0 saturated heterocycles. The summed E-state index contributed by atoms with van der Waals surface area (Å²) in [5, 5.41) is 6.92. The van der Waals surface area contributed by atoms with Crippen molar-refractivity contribution in [1.82, 2.24) is 5.32 Å². The molecule has 0 spiro atoms. The molecule has 1 amide bonds. The van der Waals surface area contributed by atoms with Crippen LogP contribution < -0.4 is 14.8 Å². The van der Waals surface area contributed by atoms with E-state index in [2.05, 4.69) is 10.5 Å². The van der Waals surface area contributed by atoms with Crippen LogP contribution in [0.15, 0.2) is 53.7 Å². The van der Waals surface area contributed by atoms with Crippen LogP contribution >= 0.6 is 0 Å². The van der Waals surface area contributed by atoms with Crippen molar-refractivity contribution in [3.8, 4) is 11.5 Å². The van der Waals surface area contributed by atoms with Crippen LogP contribution in [0.4, 0.5) is 0 Å². The number of benzene rings is 2. The summed E-state index contributed by atoms with van der Waals surface area (Å²) in [6.45, 7) is 0.423. The average Bonchev–Trinajstić information content (AvgIpc) is 3.16. The highest BCUT2D eigenvalue weighted by atomic mass is 16.6. The van der Waals surface area contributed by atoms with Crippen LogP contribution in [0.5, 0.6) is 11.5 Å². The lowest BCUT2D eigenvalue weighted by Crippen LogP contribution is -2.34. The second-order valence-electron chi connectivity index (χ2n) is 5.60. The average molecular weight is 340 g/mol. The highest BCUT2D eigenvalue weighted by Gasteiger charge is 2.29. The monoisotopic (exact) mass is 340 g/mol. The van der Waals surface area contributed by atoms with E-state index in [0.717, 1.165) is 16.9 Å². The van der Waals surface area contributed by atoms with Crippen LogP contribution in [0.2, 0.25) is 0 Å². The zero-order valence-corrected chi connectivity index (χ0v) is 14.2. The molecule has 1 aliphatic rings. The number of carbonyl (C=O) groups excluding carboxylic acids is 1. The molecule has 0 aromatic heterocycles. The number of hydrogen-bond donors (Lipinski definition) is 1. The van der Waals surface area contributed by atoms with Crippen molar-refractivity contribution in [3.63, 3.8) is 0 Å². The Morgan fingerprint density at radius 1 is 1.16 bits per heavy atom. The molecular formula is C19H20N2O4. The first-order chi connectivity index (χ1) is 12.2. The fourth-order valence-corrected chi connectivity index (χ4v) is 2.61. The third-order valence-electron chi connectivity index (χ3n) is 4.00. The van der Waals surface area contributed by atoms with Gasteiger partial charge in [0.25, 0.3) is 5.91 Å². The largest absolute Gasteiger partial charge is 0.497 e. The van der Waals surface area contributed by atoms with E-state index in [1.807, 2.05) is 48.5 Å². The maximum atomic E-state index is 12.3. The minimum absolute atomic E-state index is 0.190. The highest BCUT2D eigenvalue weighted by Crippen LogP contribution is 2.24. The summed E-state index contributed by atoms with van der Waals surface area (Å²) >= 11 is 0. The van der Waals surface area contributed by atoms with Gasteiger partial charge >= 0.3 is 0 Å². The molecule has 0 aliphatic carbocycles. The summed E-state index contributed by atoms with van der Waals surface area (Å²) in [4.78, 5) is 17.6. The third-order valence-corrected chi connectivity index (χ3v) is 4.00. The van der Waals surface area contributed by atoms with Gasteiger partial charge in [0.05, 0.1) is 19.9 Å². The maximum Gasteiger partial charge on any atom is 0.264 e. The summed E-state index contributed by atoms with van der Waals surface area (Å²) in [6.07, 6.45) is -0.215. The first-order valence-corrected chi connectivity index (χ1v) is 7.98. The van der Waals surface area contributed by atoms with Gasteiger partial charge in [-0.2, -0.15) is 0 Å². The maximum absolute atomic E-state index is 12.3. The Morgan fingerprint density at radius 2 is 1.92 bits per heavy atom. The standard InChI is InChI=1S/C19H20N2O4/c1-23-14-9-7-13(8-10-14)12-20-19(22)18-11-16(21-25-18)15-5-3-4-6-17(15)24-2/h3-10,18H,11-12H2,1-2H3,(H,20,22). The van der Waals surface area contributed by atoms with Gasteiger partial charge in [-0.1, -0.05) is 29.4 Å². The van der Waals surface area contributed by atoms with Crippen molar-refractivity contribution in [2.24, 2.45) is 5.16 Å². The summed E-state index contributed by atoms with van der Waals surface area (Å²) in [5.74, 6) is 1.30. The van der Waals surface area contributed by atoms with E-state index in [-0.39, 0.29) is 5.91 Å². The number of nitrogens with one attached hydrogen (secondary N) is 1. The smallest absolute Gasteiger partial charge is 0.264 e. The molecule has 1 aliphatic heterocycles. The zero-order valence-electron chi connectivity index (χ0n) is 14.2. The normalized spacial score (nSPS) is 15.9. The van der Waals surface area contributed by atoms with Gasteiger partial charge in [0.1, 0.15) is 11.5 Å². The van der Waals surface area contributed by atoms with Crippen LogP contribution in [0, 0.1) is 0 Å². The van der Waals surface area contributed by atoms with Crippen LogP contribution in [-0.2, 0) is 16.2 Å². The summed E-state index contributed by atoms with van der Waals surface area (Å²) in [7, 11) is 3.22. The SMILES string of the molecule is COc1ccc(CNC(=O)C2CC(c3ccccc3OC)=NO2)cc1. The van der Waals surface area contributed by atoms with Crippen molar-refractivity contribution >= 4 is 11.6 Å². The minimum Gasteiger partial charge on any atom is -0.497 e. The number of methoxy groups -OCH3 is 2. The first kappa shape index (κ1) is 16.8. The lowest BCUT2D eigenvalue weighted by Gasteiger charge is -2.10. The first-order valence-electron chi connectivity index (χ1n) is 7.98. The molecule has 1 atom stereocenters. The fourth-order valence-electron chi connectivity index (χ4n) is 2.61. The van der Waals surface area contributed by atoms with E-state index in [9.17, 15) is 4.79 Å². The molecule has 6 nitrogen and oxygen atoms in total. The molecule has 0 fully saturated rings. The Morgan fingerprint density at radius 3 is 2.64 bits per heavy atom. The number of para-hydroxylation sites is 1. The van der Waals surface area contributed by atoms with Gasteiger partial charge in [-0.3, -0.25) is 4.79 Å².